The van der Waals surface area contributed by atoms with Crippen LogP contribution in [0.5, 0.6) is 0 Å². The molecule has 4 fully saturated rings. The van der Waals surface area contributed by atoms with Crippen molar-refractivity contribution in [3.63, 3.8) is 0 Å². The van der Waals surface area contributed by atoms with Crippen molar-refractivity contribution in [2.45, 2.75) is 205 Å². The largest absolute Gasteiger partial charge is 0.206 e. The highest BCUT2D eigenvalue weighted by Crippen LogP contribution is 2.42. The van der Waals surface area contributed by atoms with Crippen LogP contribution in [0.15, 0.2) is 84.9 Å². The van der Waals surface area contributed by atoms with Crippen LogP contribution in [0.2, 0.25) is 0 Å². The van der Waals surface area contributed by atoms with E-state index in [0.29, 0.717) is 23.7 Å². The smallest absolute Gasteiger partial charge is 0.131 e. The highest BCUT2D eigenvalue weighted by molar-refractivity contribution is 5.66. The van der Waals surface area contributed by atoms with Gasteiger partial charge in [0, 0.05) is 11.1 Å². The van der Waals surface area contributed by atoms with Gasteiger partial charge < -0.3 is 0 Å². The molecule has 8 rings (SSSR count). The number of halogens is 2. The topological polar surface area (TPSA) is 0 Å². The van der Waals surface area contributed by atoms with Gasteiger partial charge in [0.15, 0.2) is 0 Å². The van der Waals surface area contributed by atoms with Gasteiger partial charge in [0.2, 0.25) is 0 Å². The molecule has 0 amide bonds. The molecule has 0 bridgehead atoms. The van der Waals surface area contributed by atoms with Crippen LogP contribution in [0, 0.1) is 35.3 Å². The van der Waals surface area contributed by atoms with E-state index in [1.165, 1.54) is 176 Å². The average molecular weight is 841 g/mol. The van der Waals surface area contributed by atoms with Gasteiger partial charge in [-0.3, -0.25) is 0 Å². The van der Waals surface area contributed by atoms with E-state index in [9.17, 15) is 0 Å². The fourth-order valence-corrected chi connectivity index (χ4v) is 12.7. The summed E-state index contributed by atoms with van der Waals surface area (Å²) in [5.74, 6) is 6.03. The maximum Gasteiger partial charge on any atom is 0.131 e. The standard InChI is InChI=1S/2C30H41F/c2*1-3-5-22-7-11-24(12-8-22)25-15-17-27(18-16-25)29-20-19-28(21-30(29)31)26-13-9-23(6-4-2)10-14-26/h2*15-24,26H,3-14H2,1-2H3. The summed E-state index contributed by atoms with van der Waals surface area (Å²) in [6.07, 6.45) is 31.6. The summed E-state index contributed by atoms with van der Waals surface area (Å²) in [4.78, 5) is 0. The molecule has 0 saturated heterocycles. The van der Waals surface area contributed by atoms with E-state index in [-0.39, 0.29) is 11.6 Å². The minimum atomic E-state index is -0.0546. The van der Waals surface area contributed by atoms with Crippen LogP contribution >= 0.6 is 0 Å². The predicted molar refractivity (Wildman–Crippen MR) is 262 cm³/mol. The number of hydrogen-bond donors (Lipinski definition) is 0. The maximum atomic E-state index is 15.1. The molecule has 4 saturated carbocycles. The first-order chi connectivity index (χ1) is 30.3. The zero-order valence-corrected chi connectivity index (χ0v) is 39.4. The molecule has 0 heterocycles. The van der Waals surface area contributed by atoms with E-state index < -0.39 is 0 Å². The summed E-state index contributed by atoms with van der Waals surface area (Å²) in [5, 5.41) is 0. The lowest BCUT2D eigenvalue weighted by Gasteiger charge is -2.29. The van der Waals surface area contributed by atoms with Crippen molar-refractivity contribution in [2.75, 3.05) is 0 Å². The van der Waals surface area contributed by atoms with Crippen LogP contribution in [0.1, 0.15) is 228 Å². The first-order valence-electron chi connectivity index (χ1n) is 26.1. The zero-order chi connectivity index (χ0) is 43.3. The zero-order valence-electron chi connectivity index (χ0n) is 39.4. The molecule has 0 aliphatic heterocycles. The molecule has 0 N–H and O–H groups in total. The third kappa shape index (κ3) is 12.5. The fraction of sp³-hybridized carbons (Fsp3) is 0.600. The lowest BCUT2D eigenvalue weighted by molar-refractivity contribution is 0.308. The molecule has 4 aliphatic carbocycles. The van der Waals surface area contributed by atoms with Crippen molar-refractivity contribution in [1.29, 1.82) is 0 Å². The molecule has 0 unspecified atom stereocenters. The lowest BCUT2D eigenvalue weighted by atomic mass is 9.77. The Bertz CT molecular complexity index is 1750. The van der Waals surface area contributed by atoms with E-state index in [1.54, 1.807) is 0 Å². The van der Waals surface area contributed by atoms with Gasteiger partial charge >= 0.3 is 0 Å². The van der Waals surface area contributed by atoms with Crippen molar-refractivity contribution >= 4 is 0 Å². The third-order valence-electron chi connectivity index (χ3n) is 16.5. The second kappa shape index (κ2) is 23.6. The van der Waals surface area contributed by atoms with E-state index in [2.05, 4.69) is 88.4 Å². The molecule has 0 radical (unpaired) electrons. The monoisotopic (exact) mass is 841 g/mol. The second-order valence-electron chi connectivity index (χ2n) is 20.7. The van der Waals surface area contributed by atoms with Gasteiger partial charge in [0.05, 0.1) is 0 Å². The van der Waals surface area contributed by atoms with E-state index in [1.807, 2.05) is 24.3 Å². The molecule has 0 nitrogen and oxygen atoms in total. The minimum absolute atomic E-state index is 0.0546. The summed E-state index contributed by atoms with van der Waals surface area (Å²) >= 11 is 0. The van der Waals surface area contributed by atoms with Crippen LogP contribution in [0.3, 0.4) is 0 Å². The Morgan fingerprint density at radius 1 is 0.323 bits per heavy atom. The molecular formula is C60H82F2. The lowest BCUT2D eigenvalue weighted by Crippen LogP contribution is -2.13. The summed E-state index contributed by atoms with van der Waals surface area (Å²) in [6, 6.07) is 29.6. The van der Waals surface area contributed by atoms with Crippen LogP contribution in [0.4, 0.5) is 8.78 Å². The quantitative estimate of drug-likeness (QED) is 0.119. The van der Waals surface area contributed by atoms with Crippen molar-refractivity contribution < 1.29 is 8.78 Å². The third-order valence-corrected chi connectivity index (χ3v) is 16.5. The molecule has 4 aliphatic rings. The van der Waals surface area contributed by atoms with Gasteiger partial charge in [-0.05, 0) is 196 Å². The predicted octanol–water partition coefficient (Wildman–Crippen LogP) is 19.3. The molecule has 2 heteroatoms. The van der Waals surface area contributed by atoms with Crippen molar-refractivity contribution in [1.82, 2.24) is 0 Å². The Morgan fingerprint density at radius 2 is 0.565 bits per heavy atom. The number of hydrogen-bond acceptors (Lipinski definition) is 0. The van der Waals surface area contributed by atoms with E-state index in [4.69, 9.17) is 0 Å². The van der Waals surface area contributed by atoms with Crippen molar-refractivity contribution in [3.05, 3.63) is 119 Å². The summed E-state index contributed by atoms with van der Waals surface area (Å²) in [7, 11) is 0. The fourth-order valence-electron chi connectivity index (χ4n) is 12.7. The van der Waals surface area contributed by atoms with E-state index >= 15 is 8.78 Å². The van der Waals surface area contributed by atoms with Crippen LogP contribution < -0.4 is 0 Å². The summed E-state index contributed by atoms with van der Waals surface area (Å²) in [5.41, 5.74) is 8.83. The molecule has 0 spiro atoms. The Kier molecular flexibility index (Phi) is 17.8. The van der Waals surface area contributed by atoms with Crippen LogP contribution in [-0.2, 0) is 0 Å². The van der Waals surface area contributed by atoms with Crippen molar-refractivity contribution in [3.8, 4) is 22.3 Å². The Balaban J connectivity index is 0.000000186. The van der Waals surface area contributed by atoms with Gasteiger partial charge in [0.1, 0.15) is 11.6 Å². The van der Waals surface area contributed by atoms with Gasteiger partial charge in [-0.15, -0.1) is 0 Å². The molecule has 0 aromatic heterocycles. The molecule has 0 atom stereocenters. The number of benzene rings is 4. The Morgan fingerprint density at radius 3 is 0.806 bits per heavy atom. The van der Waals surface area contributed by atoms with Gasteiger partial charge in [-0.1, -0.05) is 152 Å². The summed E-state index contributed by atoms with van der Waals surface area (Å²) in [6.45, 7) is 9.17. The Labute approximate surface area is 377 Å². The van der Waals surface area contributed by atoms with Crippen molar-refractivity contribution in [2.24, 2.45) is 23.7 Å². The highest BCUT2D eigenvalue weighted by atomic mass is 19.1. The Hall–Kier alpha value is -3.26. The first-order valence-corrected chi connectivity index (χ1v) is 26.1. The molecular weight excluding hydrogens is 759 g/mol. The summed E-state index contributed by atoms with van der Waals surface area (Å²) < 4.78 is 30.1. The highest BCUT2D eigenvalue weighted by Gasteiger charge is 2.26. The molecule has 336 valence electrons. The second-order valence-corrected chi connectivity index (χ2v) is 20.7. The number of rotatable bonds is 14. The SMILES string of the molecule is CCCC1CCC(c2ccc(-c3ccc(C4CCC(CCC)CC4)cc3F)cc2)CC1.CCCC1CCC(c2ccc(-c3ccc(C4CCC(CCC)CC4)cc3F)cc2)CC1. The van der Waals surface area contributed by atoms with Gasteiger partial charge in [-0.2, -0.15) is 0 Å². The minimum Gasteiger partial charge on any atom is -0.206 e. The van der Waals surface area contributed by atoms with Crippen LogP contribution in [0.25, 0.3) is 22.3 Å². The normalized spacial score (nSPS) is 26.7. The van der Waals surface area contributed by atoms with E-state index in [0.717, 1.165) is 45.9 Å². The first kappa shape index (κ1) is 46.7. The van der Waals surface area contributed by atoms with Gasteiger partial charge in [-0.25, -0.2) is 8.78 Å². The van der Waals surface area contributed by atoms with Gasteiger partial charge in [0.25, 0.3) is 0 Å². The van der Waals surface area contributed by atoms with Crippen LogP contribution in [-0.4, -0.2) is 0 Å². The molecule has 4 aromatic carbocycles. The average Bonchev–Trinajstić information content (AvgIpc) is 3.31. The molecule has 4 aromatic rings. The maximum absolute atomic E-state index is 15.1. The molecule has 62 heavy (non-hydrogen) atoms.